The van der Waals surface area contributed by atoms with Gasteiger partial charge < -0.3 is 11.1 Å². The van der Waals surface area contributed by atoms with Crippen molar-refractivity contribution in [3.8, 4) is 0 Å². The predicted octanol–water partition coefficient (Wildman–Crippen LogP) is 0.952. The van der Waals surface area contributed by atoms with Crippen LogP contribution < -0.4 is 11.1 Å². The van der Waals surface area contributed by atoms with Crippen LogP contribution in [0.4, 0.5) is 14.5 Å². The molecule has 18 heavy (non-hydrogen) atoms. The maximum absolute atomic E-state index is 13.6. The summed E-state index contributed by atoms with van der Waals surface area (Å²) in [5, 5.41) is 12.7. The third-order valence-corrected chi connectivity index (χ3v) is 2.13. The summed E-state index contributed by atoms with van der Waals surface area (Å²) in [5.41, 5.74) is 3.43. The van der Waals surface area contributed by atoms with Gasteiger partial charge in [0.05, 0.1) is 16.6 Å². The zero-order valence-electron chi connectivity index (χ0n) is 9.28. The minimum atomic E-state index is -1.35. The maximum Gasteiger partial charge on any atom is 0.308 e. The Kier molecular flexibility index (Phi) is 4.67. The first kappa shape index (κ1) is 14.0. The number of amides is 1. The lowest BCUT2D eigenvalue weighted by molar-refractivity contribution is -0.387. The number of nitrogens with zero attached hydrogens (tertiary/aromatic N) is 1. The zero-order valence-corrected chi connectivity index (χ0v) is 9.28. The highest BCUT2D eigenvalue weighted by molar-refractivity contribution is 5.95. The number of halogens is 2. The molecule has 1 aromatic rings. The van der Waals surface area contributed by atoms with Crippen molar-refractivity contribution in [1.82, 2.24) is 5.32 Å². The van der Waals surface area contributed by atoms with E-state index in [-0.39, 0.29) is 6.54 Å². The Bertz CT molecular complexity index is 480. The van der Waals surface area contributed by atoms with Crippen LogP contribution in [-0.2, 0) is 0 Å². The fourth-order valence-corrected chi connectivity index (χ4v) is 1.27. The molecule has 3 N–H and O–H groups in total. The van der Waals surface area contributed by atoms with Crippen LogP contribution in [-0.4, -0.2) is 23.9 Å². The van der Waals surface area contributed by atoms with Gasteiger partial charge in [0, 0.05) is 6.54 Å². The molecule has 0 aromatic heterocycles. The molecule has 1 aromatic carbocycles. The summed E-state index contributed by atoms with van der Waals surface area (Å²) in [7, 11) is 0. The highest BCUT2D eigenvalue weighted by atomic mass is 19.1. The number of nitrogens with two attached hydrogens (primary N) is 1. The Labute approximate surface area is 101 Å². The van der Waals surface area contributed by atoms with Crippen LogP contribution in [0.5, 0.6) is 0 Å². The third kappa shape index (κ3) is 3.20. The highest BCUT2D eigenvalue weighted by Crippen LogP contribution is 2.22. The van der Waals surface area contributed by atoms with Crippen molar-refractivity contribution in [1.29, 1.82) is 0 Å². The standard InChI is InChI=1S/C10H11F2N3O3/c11-6-4-7(10(16)14-3-1-2-13)9(12)8(5-6)15(17)18/h4-5H,1-3,13H2,(H,14,16). The number of rotatable bonds is 5. The molecule has 98 valence electrons. The molecule has 0 unspecified atom stereocenters. The summed E-state index contributed by atoms with van der Waals surface area (Å²) in [6.07, 6.45) is 0.463. The summed E-state index contributed by atoms with van der Waals surface area (Å²) in [5.74, 6) is -3.32. The molecule has 0 heterocycles. The monoisotopic (exact) mass is 259 g/mol. The first-order chi connectivity index (χ1) is 8.47. The molecule has 0 aliphatic rings. The van der Waals surface area contributed by atoms with E-state index in [1.165, 1.54) is 0 Å². The lowest BCUT2D eigenvalue weighted by atomic mass is 10.1. The van der Waals surface area contributed by atoms with E-state index in [0.717, 1.165) is 0 Å². The van der Waals surface area contributed by atoms with Gasteiger partial charge in [-0.05, 0) is 19.0 Å². The van der Waals surface area contributed by atoms with E-state index in [1.807, 2.05) is 0 Å². The quantitative estimate of drug-likeness (QED) is 0.467. The Balaban J connectivity index is 3.01. The number of carbonyl (C=O) groups is 1. The van der Waals surface area contributed by atoms with Gasteiger partial charge in [0.15, 0.2) is 0 Å². The Morgan fingerprint density at radius 2 is 2.11 bits per heavy atom. The van der Waals surface area contributed by atoms with Crippen LogP contribution in [0.1, 0.15) is 16.8 Å². The van der Waals surface area contributed by atoms with Crippen molar-refractivity contribution >= 4 is 11.6 Å². The van der Waals surface area contributed by atoms with E-state index in [9.17, 15) is 23.7 Å². The van der Waals surface area contributed by atoms with Gasteiger partial charge in [0.1, 0.15) is 5.82 Å². The van der Waals surface area contributed by atoms with E-state index in [2.05, 4.69) is 5.32 Å². The SMILES string of the molecule is NCCCNC(=O)c1cc(F)cc([N+](=O)[O-])c1F. The van der Waals surface area contributed by atoms with Crippen LogP contribution in [0.25, 0.3) is 0 Å². The molecule has 1 amide bonds. The summed E-state index contributed by atoms with van der Waals surface area (Å²) >= 11 is 0. The molecule has 0 fully saturated rings. The van der Waals surface area contributed by atoms with Gasteiger partial charge >= 0.3 is 5.69 Å². The van der Waals surface area contributed by atoms with Crippen molar-refractivity contribution in [2.75, 3.05) is 13.1 Å². The van der Waals surface area contributed by atoms with Gasteiger partial charge in [-0.25, -0.2) is 4.39 Å². The van der Waals surface area contributed by atoms with Crippen molar-refractivity contribution in [2.45, 2.75) is 6.42 Å². The topological polar surface area (TPSA) is 98.3 Å². The number of nitrogens with one attached hydrogen (secondary N) is 1. The summed E-state index contributed by atoms with van der Waals surface area (Å²) < 4.78 is 26.6. The second-order valence-corrected chi connectivity index (χ2v) is 3.44. The van der Waals surface area contributed by atoms with E-state index in [4.69, 9.17) is 5.73 Å². The number of carbonyl (C=O) groups excluding carboxylic acids is 1. The Hall–Kier alpha value is -2.09. The zero-order chi connectivity index (χ0) is 13.7. The van der Waals surface area contributed by atoms with Crippen molar-refractivity contribution in [2.24, 2.45) is 5.73 Å². The summed E-state index contributed by atoms with van der Waals surface area (Å²) in [4.78, 5) is 20.9. The molecule has 8 heteroatoms. The average molecular weight is 259 g/mol. The fourth-order valence-electron chi connectivity index (χ4n) is 1.27. The molecular weight excluding hydrogens is 248 g/mol. The number of hydrogen-bond acceptors (Lipinski definition) is 4. The average Bonchev–Trinajstić information content (AvgIpc) is 2.31. The molecule has 6 nitrogen and oxygen atoms in total. The Morgan fingerprint density at radius 3 is 2.67 bits per heavy atom. The van der Waals surface area contributed by atoms with Crippen LogP contribution in [0.15, 0.2) is 12.1 Å². The molecule has 0 radical (unpaired) electrons. The van der Waals surface area contributed by atoms with E-state index in [1.54, 1.807) is 0 Å². The lowest BCUT2D eigenvalue weighted by Gasteiger charge is -2.05. The van der Waals surface area contributed by atoms with Crippen LogP contribution in [0.2, 0.25) is 0 Å². The molecule has 0 aliphatic carbocycles. The van der Waals surface area contributed by atoms with Gasteiger partial charge in [-0.1, -0.05) is 0 Å². The molecule has 0 aliphatic heterocycles. The molecule has 1 rings (SSSR count). The predicted molar refractivity (Wildman–Crippen MR) is 59.0 cm³/mol. The van der Waals surface area contributed by atoms with Crippen LogP contribution in [0.3, 0.4) is 0 Å². The first-order valence-electron chi connectivity index (χ1n) is 5.09. The molecular formula is C10H11F2N3O3. The molecule has 0 atom stereocenters. The van der Waals surface area contributed by atoms with Gasteiger partial charge in [-0.3, -0.25) is 14.9 Å². The number of benzene rings is 1. The minimum Gasteiger partial charge on any atom is -0.352 e. The second-order valence-electron chi connectivity index (χ2n) is 3.44. The third-order valence-electron chi connectivity index (χ3n) is 2.13. The van der Waals surface area contributed by atoms with Crippen molar-refractivity contribution in [3.63, 3.8) is 0 Å². The van der Waals surface area contributed by atoms with E-state index < -0.39 is 33.7 Å². The first-order valence-corrected chi connectivity index (χ1v) is 5.09. The number of hydrogen-bond donors (Lipinski definition) is 2. The van der Waals surface area contributed by atoms with Gasteiger partial charge in [-0.15, -0.1) is 0 Å². The number of nitro groups is 1. The second kappa shape index (κ2) is 6.01. The van der Waals surface area contributed by atoms with Crippen molar-refractivity contribution < 1.29 is 18.5 Å². The molecule has 0 saturated heterocycles. The molecule has 0 bridgehead atoms. The highest BCUT2D eigenvalue weighted by Gasteiger charge is 2.23. The fraction of sp³-hybridized carbons (Fsp3) is 0.300. The van der Waals surface area contributed by atoms with Crippen LogP contribution >= 0.6 is 0 Å². The molecule has 0 spiro atoms. The van der Waals surface area contributed by atoms with Gasteiger partial charge in [0.2, 0.25) is 5.82 Å². The van der Waals surface area contributed by atoms with Gasteiger partial charge in [0.25, 0.3) is 5.91 Å². The summed E-state index contributed by atoms with van der Waals surface area (Å²) in [6, 6.07) is 1.03. The van der Waals surface area contributed by atoms with E-state index in [0.29, 0.717) is 25.1 Å². The molecule has 0 saturated carbocycles. The minimum absolute atomic E-state index is 0.180. The summed E-state index contributed by atoms with van der Waals surface area (Å²) in [6.45, 7) is 0.505. The number of nitro benzene ring substituents is 1. The van der Waals surface area contributed by atoms with Gasteiger partial charge in [-0.2, -0.15) is 4.39 Å². The largest absolute Gasteiger partial charge is 0.352 e. The normalized spacial score (nSPS) is 10.2. The maximum atomic E-state index is 13.6. The van der Waals surface area contributed by atoms with Crippen LogP contribution in [0, 0.1) is 21.7 Å². The van der Waals surface area contributed by atoms with Crippen molar-refractivity contribution in [3.05, 3.63) is 39.4 Å². The Morgan fingerprint density at radius 1 is 1.44 bits per heavy atom. The van der Waals surface area contributed by atoms with E-state index >= 15 is 0 Å². The lowest BCUT2D eigenvalue weighted by Crippen LogP contribution is -2.27. The smallest absolute Gasteiger partial charge is 0.308 e.